The minimum absolute atomic E-state index is 0.0771. The number of aromatic nitrogens is 2. The van der Waals surface area contributed by atoms with E-state index < -0.39 is 20.2 Å². The maximum atomic E-state index is 12.7. The van der Waals surface area contributed by atoms with Crippen LogP contribution in [0.3, 0.4) is 0 Å². The van der Waals surface area contributed by atoms with E-state index in [1.165, 1.54) is 24.4 Å². The van der Waals surface area contributed by atoms with E-state index in [4.69, 9.17) is 0 Å². The van der Waals surface area contributed by atoms with Gasteiger partial charge >= 0.3 is 5.51 Å². The van der Waals surface area contributed by atoms with Gasteiger partial charge < -0.3 is 5.32 Å². The highest BCUT2D eigenvalue weighted by Gasteiger charge is 2.47. The Balaban J connectivity index is 2.30. The number of benzene rings is 1. The van der Waals surface area contributed by atoms with Crippen LogP contribution in [0.2, 0.25) is 0 Å². The van der Waals surface area contributed by atoms with Gasteiger partial charge in [0.15, 0.2) is 0 Å². The monoisotopic (exact) mass is 331 g/mol. The molecule has 0 spiro atoms. The largest absolute Gasteiger partial charge is 0.501 e. The van der Waals surface area contributed by atoms with E-state index in [0.29, 0.717) is 11.5 Å². The predicted molar refractivity (Wildman–Crippen MR) is 73.8 cm³/mol. The molecule has 5 nitrogen and oxygen atoms in total. The van der Waals surface area contributed by atoms with Crippen LogP contribution < -0.4 is 5.32 Å². The third-order valence-corrected chi connectivity index (χ3v) is 4.32. The number of para-hydroxylation sites is 1. The Morgan fingerprint density at radius 3 is 2.50 bits per heavy atom. The standard InChI is InChI=1S/C13H12F3N3O2S/c1-9-17-7-6-10(19-9)8-18-11-4-2-3-5-12(11)22(20,21)13(14,15)16/h2-7,18H,8H2,1H3. The minimum Gasteiger partial charge on any atom is -0.378 e. The topological polar surface area (TPSA) is 72.0 Å². The van der Waals surface area contributed by atoms with Crippen molar-refractivity contribution < 1.29 is 21.6 Å². The molecule has 0 saturated carbocycles. The Hall–Kier alpha value is -2.16. The molecule has 0 fully saturated rings. The lowest BCUT2D eigenvalue weighted by atomic mass is 10.3. The molecule has 22 heavy (non-hydrogen) atoms. The smallest absolute Gasteiger partial charge is 0.378 e. The number of nitrogens with one attached hydrogen (secondary N) is 1. The molecular formula is C13H12F3N3O2S. The summed E-state index contributed by atoms with van der Waals surface area (Å²) in [6.07, 6.45) is 1.51. The lowest BCUT2D eigenvalue weighted by Crippen LogP contribution is -2.24. The second kappa shape index (κ2) is 5.91. The summed E-state index contributed by atoms with van der Waals surface area (Å²) in [4.78, 5) is 7.17. The summed E-state index contributed by atoms with van der Waals surface area (Å²) in [7, 11) is -5.41. The minimum atomic E-state index is -5.41. The fourth-order valence-electron chi connectivity index (χ4n) is 1.76. The van der Waals surface area contributed by atoms with E-state index in [-0.39, 0.29) is 12.2 Å². The van der Waals surface area contributed by atoms with Gasteiger partial charge in [-0.05, 0) is 25.1 Å². The summed E-state index contributed by atoms with van der Waals surface area (Å²) >= 11 is 0. The molecule has 118 valence electrons. The molecule has 0 atom stereocenters. The van der Waals surface area contributed by atoms with Gasteiger partial charge in [0, 0.05) is 6.20 Å². The van der Waals surface area contributed by atoms with Crippen LogP contribution in [0.15, 0.2) is 41.4 Å². The predicted octanol–water partition coefficient (Wildman–Crippen LogP) is 2.69. The molecule has 0 amide bonds. The van der Waals surface area contributed by atoms with Crippen molar-refractivity contribution in [1.82, 2.24) is 9.97 Å². The quantitative estimate of drug-likeness (QED) is 0.932. The van der Waals surface area contributed by atoms with E-state index in [9.17, 15) is 21.6 Å². The number of sulfone groups is 1. The Morgan fingerprint density at radius 2 is 1.86 bits per heavy atom. The zero-order chi connectivity index (χ0) is 16.4. The molecule has 0 radical (unpaired) electrons. The molecule has 0 saturated heterocycles. The van der Waals surface area contributed by atoms with Gasteiger partial charge in [-0.2, -0.15) is 13.2 Å². The SMILES string of the molecule is Cc1nccc(CNc2ccccc2S(=O)(=O)C(F)(F)F)n1. The Bertz CT molecular complexity index is 776. The van der Waals surface area contributed by atoms with Gasteiger partial charge in [0.25, 0.3) is 9.84 Å². The van der Waals surface area contributed by atoms with Crippen LogP contribution in [0.25, 0.3) is 0 Å². The summed E-state index contributed by atoms with van der Waals surface area (Å²) in [6.45, 7) is 1.75. The summed E-state index contributed by atoms with van der Waals surface area (Å²) in [5.41, 5.74) is -4.95. The van der Waals surface area contributed by atoms with Crippen molar-refractivity contribution in [2.24, 2.45) is 0 Å². The van der Waals surface area contributed by atoms with E-state index in [1.54, 1.807) is 13.0 Å². The molecule has 0 aliphatic rings. The van der Waals surface area contributed by atoms with Crippen LogP contribution in [-0.4, -0.2) is 23.9 Å². The molecule has 0 aliphatic heterocycles. The normalized spacial score (nSPS) is 12.2. The second-order valence-corrected chi connectivity index (χ2v) is 6.30. The third-order valence-electron chi connectivity index (χ3n) is 2.77. The van der Waals surface area contributed by atoms with Crippen LogP contribution in [0.5, 0.6) is 0 Å². The summed E-state index contributed by atoms with van der Waals surface area (Å²) in [5.74, 6) is 0.510. The van der Waals surface area contributed by atoms with E-state index >= 15 is 0 Å². The maximum absolute atomic E-state index is 12.7. The Labute approximate surface area is 125 Å². The number of rotatable bonds is 4. The summed E-state index contributed by atoms with van der Waals surface area (Å²) in [5, 5.41) is 2.67. The van der Waals surface area contributed by atoms with Crippen molar-refractivity contribution in [3.63, 3.8) is 0 Å². The fourth-order valence-corrected chi connectivity index (χ4v) is 2.70. The van der Waals surface area contributed by atoms with Gasteiger partial charge in [0.05, 0.1) is 22.8 Å². The van der Waals surface area contributed by atoms with Gasteiger partial charge in [0.2, 0.25) is 0 Å². The summed E-state index contributed by atoms with van der Waals surface area (Å²) < 4.78 is 61.1. The van der Waals surface area contributed by atoms with Gasteiger partial charge in [-0.1, -0.05) is 12.1 Å². The highest BCUT2D eigenvalue weighted by molar-refractivity contribution is 7.92. The number of halogens is 3. The molecule has 1 heterocycles. The van der Waals surface area contributed by atoms with Crippen LogP contribution in [0.1, 0.15) is 11.5 Å². The van der Waals surface area contributed by atoms with Crippen molar-refractivity contribution in [1.29, 1.82) is 0 Å². The van der Waals surface area contributed by atoms with Crippen molar-refractivity contribution in [2.75, 3.05) is 5.32 Å². The van der Waals surface area contributed by atoms with Crippen molar-refractivity contribution >= 4 is 15.5 Å². The van der Waals surface area contributed by atoms with Crippen LogP contribution in [0.4, 0.5) is 18.9 Å². The number of nitrogens with zero attached hydrogens (tertiary/aromatic N) is 2. The van der Waals surface area contributed by atoms with Crippen molar-refractivity contribution in [2.45, 2.75) is 23.9 Å². The van der Waals surface area contributed by atoms with Gasteiger partial charge in [-0.25, -0.2) is 18.4 Å². The first-order chi connectivity index (χ1) is 10.2. The molecule has 1 aromatic carbocycles. The lowest BCUT2D eigenvalue weighted by molar-refractivity contribution is -0.0435. The molecule has 9 heteroatoms. The van der Waals surface area contributed by atoms with Gasteiger partial charge in [0.1, 0.15) is 5.82 Å². The highest BCUT2D eigenvalue weighted by Crippen LogP contribution is 2.34. The number of anilines is 1. The molecule has 0 unspecified atom stereocenters. The van der Waals surface area contributed by atoms with E-state index in [2.05, 4.69) is 15.3 Å². The number of hydrogen-bond acceptors (Lipinski definition) is 5. The molecule has 1 N–H and O–H groups in total. The first-order valence-electron chi connectivity index (χ1n) is 6.14. The average molecular weight is 331 g/mol. The van der Waals surface area contributed by atoms with Crippen LogP contribution in [0, 0.1) is 6.92 Å². The van der Waals surface area contributed by atoms with Crippen LogP contribution in [-0.2, 0) is 16.4 Å². The second-order valence-electron chi connectivity index (χ2n) is 4.39. The first kappa shape index (κ1) is 16.2. The molecule has 0 aliphatic carbocycles. The van der Waals surface area contributed by atoms with E-state index in [1.807, 2.05) is 0 Å². The molecule has 1 aromatic heterocycles. The number of alkyl halides is 3. The average Bonchev–Trinajstić information content (AvgIpc) is 2.44. The zero-order valence-electron chi connectivity index (χ0n) is 11.4. The van der Waals surface area contributed by atoms with Gasteiger partial charge in [-0.15, -0.1) is 0 Å². The first-order valence-corrected chi connectivity index (χ1v) is 7.63. The van der Waals surface area contributed by atoms with Gasteiger partial charge in [-0.3, -0.25) is 0 Å². The Morgan fingerprint density at radius 1 is 1.18 bits per heavy atom. The van der Waals surface area contributed by atoms with Crippen LogP contribution >= 0.6 is 0 Å². The zero-order valence-corrected chi connectivity index (χ0v) is 12.2. The van der Waals surface area contributed by atoms with E-state index in [0.717, 1.165) is 6.07 Å². The van der Waals surface area contributed by atoms with Crippen molar-refractivity contribution in [3.05, 3.63) is 48.0 Å². The summed E-state index contributed by atoms with van der Waals surface area (Å²) in [6, 6.07) is 6.45. The number of aryl methyl sites for hydroxylation is 1. The number of hydrogen-bond donors (Lipinski definition) is 1. The molecular weight excluding hydrogens is 319 g/mol. The maximum Gasteiger partial charge on any atom is 0.501 e. The fraction of sp³-hybridized carbons (Fsp3) is 0.231. The molecule has 2 aromatic rings. The highest BCUT2D eigenvalue weighted by atomic mass is 32.2. The molecule has 2 rings (SSSR count). The molecule has 0 bridgehead atoms. The van der Waals surface area contributed by atoms with Crippen molar-refractivity contribution in [3.8, 4) is 0 Å². The third kappa shape index (κ3) is 3.35. The Kier molecular flexibility index (Phi) is 4.36. The lowest BCUT2D eigenvalue weighted by Gasteiger charge is -2.14.